The smallest absolute Gasteiger partial charge is 0.251 e. The number of nitrogens with zero attached hydrogens (tertiary/aromatic N) is 2. The van der Waals surface area contributed by atoms with Crippen LogP contribution in [0.1, 0.15) is 36.2 Å². The third kappa shape index (κ3) is 10.8. The van der Waals surface area contributed by atoms with Crippen molar-refractivity contribution in [3.63, 3.8) is 0 Å². The van der Waals surface area contributed by atoms with Crippen molar-refractivity contribution in [2.75, 3.05) is 46.0 Å². The molecule has 0 fully saturated rings. The molecule has 166 valence electrons. The molecule has 0 saturated heterocycles. The average molecular weight is 539 g/mol. The lowest BCUT2D eigenvalue weighted by Gasteiger charge is -2.17. The van der Waals surface area contributed by atoms with E-state index in [1.807, 2.05) is 32.0 Å². The molecular formula is C19H34IN5O3S. The zero-order valence-corrected chi connectivity index (χ0v) is 20.8. The third-order valence-corrected chi connectivity index (χ3v) is 5.50. The monoisotopic (exact) mass is 539 g/mol. The van der Waals surface area contributed by atoms with Crippen molar-refractivity contribution in [2.24, 2.45) is 4.99 Å². The second-order valence-electron chi connectivity index (χ2n) is 6.33. The van der Waals surface area contributed by atoms with Gasteiger partial charge in [-0.3, -0.25) is 9.79 Å². The van der Waals surface area contributed by atoms with Gasteiger partial charge in [-0.15, -0.1) is 24.0 Å². The number of rotatable bonds is 11. The Morgan fingerprint density at radius 2 is 1.93 bits per heavy atom. The van der Waals surface area contributed by atoms with Gasteiger partial charge in [-0.25, -0.2) is 12.7 Å². The van der Waals surface area contributed by atoms with E-state index in [2.05, 4.69) is 20.9 Å². The molecule has 1 amide bonds. The van der Waals surface area contributed by atoms with Crippen LogP contribution in [0.15, 0.2) is 29.3 Å². The van der Waals surface area contributed by atoms with E-state index < -0.39 is 10.0 Å². The van der Waals surface area contributed by atoms with Crippen LogP contribution in [0.4, 0.5) is 0 Å². The van der Waals surface area contributed by atoms with E-state index in [0.717, 1.165) is 18.5 Å². The van der Waals surface area contributed by atoms with Crippen LogP contribution in [0.3, 0.4) is 0 Å². The van der Waals surface area contributed by atoms with Crippen LogP contribution in [-0.2, 0) is 16.4 Å². The highest BCUT2D eigenvalue weighted by atomic mass is 127. The van der Waals surface area contributed by atoms with Gasteiger partial charge in [-0.2, -0.15) is 0 Å². The van der Waals surface area contributed by atoms with Crippen LogP contribution in [0.2, 0.25) is 0 Å². The number of carbonyl (C=O) groups excluding carboxylic acids is 1. The number of nitrogens with one attached hydrogen (secondary N) is 3. The Hall–Kier alpha value is -1.40. The molecule has 0 aliphatic carbocycles. The molecule has 0 heterocycles. The van der Waals surface area contributed by atoms with Gasteiger partial charge >= 0.3 is 0 Å². The first kappa shape index (κ1) is 27.6. The summed E-state index contributed by atoms with van der Waals surface area (Å²) < 4.78 is 24.6. The van der Waals surface area contributed by atoms with Crippen molar-refractivity contribution in [3.8, 4) is 0 Å². The summed E-state index contributed by atoms with van der Waals surface area (Å²) in [5.74, 6) is 0.604. The van der Waals surface area contributed by atoms with Crippen molar-refractivity contribution < 1.29 is 13.2 Å². The van der Waals surface area contributed by atoms with Crippen molar-refractivity contribution in [1.82, 2.24) is 20.3 Å². The van der Waals surface area contributed by atoms with E-state index in [0.29, 0.717) is 44.1 Å². The number of aliphatic imine (C=N–C) groups is 1. The number of amides is 1. The molecule has 10 heteroatoms. The van der Waals surface area contributed by atoms with Crippen LogP contribution >= 0.6 is 24.0 Å². The minimum atomic E-state index is -3.16. The zero-order valence-electron chi connectivity index (χ0n) is 17.7. The Labute approximate surface area is 192 Å². The minimum absolute atomic E-state index is 0. The lowest BCUT2D eigenvalue weighted by Crippen LogP contribution is -2.38. The molecule has 0 unspecified atom stereocenters. The summed E-state index contributed by atoms with van der Waals surface area (Å²) in [6, 6.07) is 7.54. The molecule has 1 aromatic carbocycles. The lowest BCUT2D eigenvalue weighted by atomic mass is 10.1. The van der Waals surface area contributed by atoms with Gasteiger partial charge in [-0.05, 0) is 37.5 Å². The first-order chi connectivity index (χ1) is 13.3. The molecule has 8 nitrogen and oxygen atoms in total. The molecule has 0 aromatic heterocycles. The number of hydrogen-bond acceptors (Lipinski definition) is 4. The number of guanidine groups is 1. The fraction of sp³-hybridized carbons (Fsp3) is 0.579. The first-order valence-corrected chi connectivity index (χ1v) is 11.4. The number of benzene rings is 1. The summed E-state index contributed by atoms with van der Waals surface area (Å²) in [5, 5.41) is 9.08. The summed E-state index contributed by atoms with van der Waals surface area (Å²) in [4.78, 5) is 16.2. The quantitative estimate of drug-likeness (QED) is 0.171. The molecule has 1 rings (SSSR count). The Balaban J connectivity index is 0.00000784. The summed E-state index contributed by atoms with van der Waals surface area (Å²) >= 11 is 0. The Morgan fingerprint density at radius 1 is 1.21 bits per heavy atom. The van der Waals surface area contributed by atoms with E-state index in [-0.39, 0.29) is 29.9 Å². The molecule has 0 atom stereocenters. The number of sulfonamides is 1. The maximum absolute atomic E-state index is 11.7. The van der Waals surface area contributed by atoms with Gasteiger partial charge in [-0.1, -0.05) is 19.1 Å². The zero-order chi connectivity index (χ0) is 21.0. The van der Waals surface area contributed by atoms with Crippen LogP contribution in [0.25, 0.3) is 0 Å². The Bertz CT molecular complexity index is 756. The number of carbonyl (C=O) groups is 1. The predicted molar refractivity (Wildman–Crippen MR) is 130 cm³/mol. The Kier molecular flexibility index (Phi) is 13.9. The molecule has 0 aliphatic heterocycles. The topological polar surface area (TPSA) is 103 Å². The van der Waals surface area contributed by atoms with E-state index in [1.54, 1.807) is 13.1 Å². The fourth-order valence-electron chi connectivity index (χ4n) is 2.68. The van der Waals surface area contributed by atoms with Gasteiger partial charge in [0, 0.05) is 45.3 Å². The molecule has 1 aromatic rings. The van der Waals surface area contributed by atoms with E-state index in [9.17, 15) is 13.2 Å². The molecule has 3 N–H and O–H groups in total. The largest absolute Gasteiger partial charge is 0.357 e. The highest BCUT2D eigenvalue weighted by molar-refractivity contribution is 14.0. The van der Waals surface area contributed by atoms with Crippen LogP contribution < -0.4 is 16.0 Å². The summed E-state index contributed by atoms with van der Waals surface area (Å²) in [6.07, 6.45) is 2.64. The van der Waals surface area contributed by atoms with Gasteiger partial charge < -0.3 is 16.0 Å². The highest BCUT2D eigenvalue weighted by Gasteiger charge is 2.13. The van der Waals surface area contributed by atoms with Crippen molar-refractivity contribution >= 4 is 45.9 Å². The molecule has 0 aliphatic rings. The summed E-state index contributed by atoms with van der Waals surface area (Å²) in [5.41, 5.74) is 1.71. The summed E-state index contributed by atoms with van der Waals surface area (Å²) in [7, 11) is -1.54. The van der Waals surface area contributed by atoms with Crippen molar-refractivity contribution in [3.05, 3.63) is 35.4 Å². The molecule has 0 bridgehead atoms. The first-order valence-electron chi connectivity index (χ1n) is 9.60. The molecular weight excluding hydrogens is 505 g/mol. The molecule has 0 saturated carbocycles. The predicted octanol–water partition coefficient (Wildman–Crippen LogP) is 1.43. The van der Waals surface area contributed by atoms with Gasteiger partial charge in [0.2, 0.25) is 10.0 Å². The second-order valence-corrected chi connectivity index (χ2v) is 8.31. The third-order valence-electron chi connectivity index (χ3n) is 4.12. The molecule has 29 heavy (non-hydrogen) atoms. The lowest BCUT2D eigenvalue weighted by molar-refractivity contribution is 0.0963. The van der Waals surface area contributed by atoms with E-state index in [1.165, 1.54) is 10.6 Å². The molecule has 0 radical (unpaired) electrons. The Morgan fingerprint density at radius 3 is 2.52 bits per heavy atom. The van der Waals surface area contributed by atoms with Crippen LogP contribution in [-0.4, -0.2) is 70.6 Å². The van der Waals surface area contributed by atoms with Gasteiger partial charge in [0.05, 0.1) is 6.26 Å². The number of halogens is 1. The van der Waals surface area contributed by atoms with Gasteiger partial charge in [0.1, 0.15) is 0 Å². The maximum atomic E-state index is 11.7. The normalized spacial score (nSPS) is 11.7. The van der Waals surface area contributed by atoms with Gasteiger partial charge in [0.25, 0.3) is 5.91 Å². The van der Waals surface area contributed by atoms with E-state index in [4.69, 9.17) is 0 Å². The van der Waals surface area contributed by atoms with E-state index >= 15 is 0 Å². The highest BCUT2D eigenvalue weighted by Crippen LogP contribution is 2.05. The average Bonchev–Trinajstić information content (AvgIpc) is 2.66. The number of hydrogen-bond donors (Lipinski definition) is 3. The van der Waals surface area contributed by atoms with Crippen molar-refractivity contribution in [1.29, 1.82) is 0 Å². The standard InChI is InChI=1S/C19H33N5O3S.HI/c1-5-21-19(22-12-8-14-24(6-2)28(4,26)27)23-13-11-16-9-7-10-17(15-16)18(25)20-3;/h7,9-10,15H,5-6,8,11-14H2,1-4H3,(H,20,25)(H2,21,22,23);1H. The second kappa shape index (κ2) is 14.6. The molecule has 0 spiro atoms. The SMILES string of the molecule is CCNC(=NCCCN(CC)S(C)(=O)=O)NCCc1cccc(C(=O)NC)c1.I. The van der Waals surface area contributed by atoms with Crippen LogP contribution in [0.5, 0.6) is 0 Å². The summed E-state index contributed by atoms with van der Waals surface area (Å²) in [6.45, 7) is 6.70. The van der Waals surface area contributed by atoms with Gasteiger partial charge in [0.15, 0.2) is 5.96 Å². The minimum Gasteiger partial charge on any atom is -0.357 e. The van der Waals surface area contributed by atoms with Crippen molar-refractivity contribution in [2.45, 2.75) is 26.7 Å². The fourth-order valence-corrected chi connectivity index (χ4v) is 3.61. The van der Waals surface area contributed by atoms with Crippen LogP contribution in [0, 0.1) is 0 Å². The maximum Gasteiger partial charge on any atom is 0.251 e.